The van der Waals surface area contributed by atoms with Crippen molar-refractivity contribution in [3.05, 3.63) is 115 Å². The Bertz CT molecular complexity index is 2250. The second-order valence-corrected chi connectivity index (χ2v) is 11.2. The molecule has 0 aliphatic carbocycles. The number of nitrogens with zero attached hydrogens (tertiary/aromatic N) is 1. The van der Waals surface area contributed by atoms with Crippen LogP contribution in [-0.4, -0.2) is 38.6 Å². The number of rotatable bonds is 8. The molecule has 0 N–H and O–H groups in total. The zero-order valence-corrected chi connectivity index (χ0v) is 26.4. The van der Waals surface area contributed by atoms with E-state index in [2.05, 4.69) is 59.0 Å². The topological polar surface area (TPSA) is 58.4 Å². The Balaban J connectivity index is 1.76. The summed E-state index contributed by atoms with van der Waals surface area (Å²) in [5.41, 5.74) is 8.74. The number of benzene rings is 5. The first-order valence-electron chi connectivity index (χ1n) is 15.0. The first-order valence-corrected chi connectivity index (χ1v) is 15.0. The molecule has 6 heteroatoms. The number of methoxy groups -OCH3 is 4. The van der Waals surface area contributed by atoms with Crippen LogP contribution in [0.1, 0.15) is 17.3 Å². The van der Waals surface area contributed by atoms with Gasteiger partial charge >= 0.3 is 0 Å². The van der Waals surface area contributed by atoms with Crippen molar-refractivity contribution in [1.29, 1.82) is 0 Å². The number of carbonyl (C=O) groups excluding carboxylic acids is 1. The predicted molar refractivity (Wildman–Crippen MR) is 185 cm³/mol. The summed E-state index contributed by atoms with van der Waals surface area (Å²) in [6, 6.07) is 36.6. The Morgan fingerprint density at radius 2 is 0.978 bits per heavy atom. The number of Topliss-reactive ketones (excluding diaryl/α,β-unsaturated/α-hetero) is 1. The van der Waals surface area contributed by atoms with Gasteiger partial charge in [-0.05, 0) is 102 Å². The summed E-state index contributed by atoms with van der Waals surface area (Å²) in [6.45, 7) is 1.61. The van der Waals surface area contributed by atoms with Crippen LogP contribution in [0, 0.1) is 0 Å². The Morgan fingerprint density at radius 1 is 0.500 bits per heavy atom. The normalized spacial score (nSPS) is 11.2. The van der Waals surface area contributed by atoms with Gasteiger partial charge in [-0.1, -0.05) is 36.4 Å². The van der Waals surface area contributed by atoms with Gasteiger partial charge in [0.05, 0.1) is 45.2 Å². The summed E-state index contributed by atoms with van der Waals surface area (Å²) in [6.07, 6.45) is 0. The minimum atomic E-state index is 0.00903. The average Bonchev–Trinajstić information content (AvgIpc) is 3.45. The van der Waals surface area contributed by atoms with Crippen LogP contribution in [0.2, 0.25) is 0 Å². The third-order valence-corrected chi connectivity index (χ3v) is 8.71. The first-order chi connectivity index (χ1) is 22.4. The van der Waals surface area contributed by atoms with Gasteiger partial charge in [-0.25, -0.2) is 0 Å². The summed E-state index contributed by atoms with van der Waals surface area (Å²) >= 11 is 0. The molecule has 0 amide bonds. The van der Waals surface area contributed by atoms with Crippen molar-refractivity contribution in [3.8, 4) is 56.5 Å². The molecule has 0 fully saturated rings. The minimum Gasteiger partial charge on any atom is -0.497 e. The van der Waals surface area contributed by atoms with Crippen LogP contribution in [0.25, 0.3) is 60.7 Å². The summed E-state index contributed by atoms with van der Waals surface area (Å²) in [7, 11) is 6.70. The second kappa shape index (κ2) is 11.6. The van der Waals surface area contributed by atoms with Crippen molar-refractivity contribution < 1.29 is 23.7 Å². The van der Waals surface area contributed by atoms with Gasteiger partial charge in [-0.3, -0.25) is 4.79 Å². The quantitative estimate of drug-likeness (QED) is 0.161. The number of aromatic nitrogens is 1. The highest BCUT2D eigenvalue weighted by Crippen LogP contribution is 2.48. The van der Waals surface area contributed by atoms with E-state index < -0.39 is 0 Å². The Morgan fingerprint density at radius 3 is 1.50 bits per heavy atom. The molecule has 5 aromatic carbocycles. The number of pyridine rings is 1. The third-order valence-electron chi connectivity index (χ3n) is 8.71. The van der Waals surface area contributed by atoms with Crippen molar-refractivity contribution in [2.24, 2.45) is 0 Å². The van der Waals surface area contributed by atoms with Gasteiger partial charge in [0.15, 0.2) is 5.78 Å². The van der Waals surface area contributed by atoms with E-state index in [4.69, 9.17) is 18.9 Å². The second-order valence-electron chi connectivity index (χ2n) is 11.2. The van der Waals surface area contributed by atoms with E-state index in [1.165, 1.54) is 0 Å². The van der Waals surface area contributed by atoms with Crippen molar-refractivity contribution >= 4 is 33.0 Å². The standard InChI is InChI=1S/C40H33NO5/c1-24(42)28-12-20-34-36(22-28)41-39(27-10-17-31(45-4)18-11-27)38(26-8-15-30(44-3)16-9-26)35-23-32(46-5)19-21-33(35)40(41)37(34)25-6-13-29(43-2)14-7-25/h6-23H,1-5H3. The van der Waals surface area contributed by atoms with Crippen LogP contribution < -0.4 is 18.9 Å². The van der Waals surface area contributed by atoms with E-state index >= 15 is 0 Å². The first kappa shape index (κ1) is 29.0. The van der Waals surface area contributed by atoms with Crippen molar-refractivity contribution in [3.63, 3.8) is 0 Å². The van der Waals surface area contributed by atoms with Gasteiger partial charge in [0, 0.05) is 27.5 Å². The van der Waals surface area contributed by atoms with E-state index in [1.807, 2.05) is 54.6 Å². The van der Waals surface area contributed by atoms with E-state index in [0.717, 1.165) is 83.7 Å². The minimum absolute atomic E-state index is 0.00903. The summed E-state index contributed by atoms with van der Waals surface area (Å²) in [5, 5.41) is 3.12. The molecule has 0 aliphatic rings. The van der Waals surface area contributed by atoms with Crippen molar-refractivity contribution in [2.45, 2.75) is 6.92 Å². The number of ketones is 1. The molecule has 2 heterocycles. The monoisotopic (exact) mass is 607 g/mol. The number of hydrogen-bond donors (Lipinski definition) is 0. The van der Waals surface area contributed by atoms with Gasteiger partial charge in [0.1, 0.15) is 23.0 Å². The van der Waals surface area contributed by atoms with Gasteiger partial charge in [0.25, 0.3) is 0 Å². The molecule has 2 aromatic heterocycles. The van der Waals surface area contributed by atoms with E-state index in [1.54, 1.807) is 35.4 Å². The lowest BCUT2D eigenvalue weighted by molar-refractivity contribution is 0.101. The molecule has 7 rings (SSSR count). The SMILES string of the molecule is COc1ccc(-c2c(-c3ccc(OC)cc3)n3c4cc(C(C)=O)ccc4c(-c4ccc(OC)cc4)c3c3ccc(OC)cc23)cc1. The lowest BCUT2D eigenvalue weighted by Crippen LogP contribution is -2.00. The molecule has 0 radical (unpaired) electrons. The number of hydrogen-bond acceptors (Lipinski definition) is 5. The number of fused-ring (bicyclic) bond motifs is 5. The largest absolute Gasteiger partial charge is 0.497 e. The molecule has 7 aromatic rings. The van der Waals surface area contributed by atoms with Crippen LogP contribution in [-0.2, 0) is 0 Å². The molecule has 0 saturated heterocycles. The molecular weight excluding hydrogens is 574 g/mol. The molecule has 0 spiro atoms. The van der Waals surface area contributed by atoms with Crippen LogP contribution in [0.15, 0.2) is 109 Å². The fourth-order valence-corrected chi connectivity index (χ4v) is 6.42. The molecule has 228 valence electrons. The van der Waals surface area contributed by atoms with Crippen LogP contribution in [0.5, 0.6) is 23.0 Å². The van der Waals surface area contributed by atoms with Gasteiger partial charge in [-0.2, -0.15) is 0 Å². The molecule has 6 nitrogen and oxygen atoms in total. The maximum atomic E-state index is 12.8. The smallest absolute Gasteiger partial charge is 0.159 e. The third kappa shape index (κ3) is 4.70. The zero-order chi connectivity index (χ0) is 31.9. The van der Waals surface area contributed by atoms with Crippen molar-refractivity contribution in [1.82, 2.24) is 4.40 Å². The van der Waals surface area contributed by atoms with E-state index in [9.17, 15) is 4.79 Å². The number of ether oxygens (including phenoxy) is 4. The average molecular weight is 608 g/mol. The van der Waals surface area contributed by atoms with Crippen LogP contribution in [0.3, 0.4) is 0 Å². The highest BCUT2D eigenvalue weighted by molar-refractivity contribution is 6.20. The van der Waals surface area contributed by atoms with Gasteiger partial charge in [-0.15, -0.1) is 0 Å². The molecule has 0 bridgehead atoms. The molecule has 0 aliphatic heterocycles. The molecular formula is C40H33NO5. The highest BCUT2D eigenvalue weighted by atomic mass is 16.5. The fraction of sp³-hybridized carbons (Fsp3) is 0.125. The summed E-state index contributed by atoms with van der Waals surface area (Å²) in [4.78, 5) is 12.8. The zero-order valence-electron chi connectivity index (χ0n) is 26.4. The molecule has 0 saturated carbocycles. The van der Waals surface area contributed by atoms with Crippen LogP contribution >= 0.6 is 0 Å². The lowest BCUT2D eigenvalue weighted by Gasteiger charge is -2.20. The molecule has 46 heavy (non-hydrogen) atoms. The lowest BCUT2D eigenvalue weighted by atomic mass is 9.91. The maximum absolute atomic E-state index is 12.8. The Labute approximate surface area is 267 Å². The fourth-order valence-electron chi connectivity index (χ4n) is 6.42. The Hall–Kier alpha value is -5.75. The Kier molecular flexibility index (Phi) is 7.33. The van der Waals surface area contributed by atoms with E-state index in [-0.39, 0.29) is 5.78 Å². The number of carbonyl (C=O) groups is 1. The van der Waals surface area contributed by atoms with Gasteiger partial charge in [0.2, 0.25) is 0 Å². The highest BCUT2D eigenvalue weighted by Gasteiger charge is 2.25. The maximum Gasteiger partial charge on any atom is 0.159 e. The summed E-state index contributed by atoms with van der Waals surface area (Å²) in [5.74, 6) is 3.09. The summed E-state index contributed by atoms with van der Waals surface area (Å²) < 4.78 is 24.7. The van der Waals surface area contributed by atoms with Crippen molar-refractivity contribution in [2.75, 3.05) is 28.4 Å². The van der Waals surface area contributed by atoms with E-state index in [0.29, 0.717) is 5.56 Å². The van der Waals surface area contributed by atoms with Gasteiger partial charge < -0.3 is 23.3 Å². The molecule has 0 unspecified atom stereocenters. The predicted octanol–water partition coefficient (Wildman–Crippen LogP) is 9.48. The van der Waals surface area contributed by atoms with Crippen LogP contribution in [0.4, 0.5) is 0 Å². The molecule has 0 atom stereocenters.